The Morgan fingerprint density at radius 1 is 1.41 bits per heavy atom. The molecule has 7 nitrogen and oxygen atoms in total. The van der Waals surface area contributed by atoms with Gasteiger partial charge < -0.3 is 10.1 Å². The highest BCUT2D eigenvalue weighted by molar-refractivity contribution is 7.91. The van der Waals surface area contributed by atoms with Crippen LogP contribution in [0.4, 0.5) is 0 Å². The fourth-order valence-electron chi connectivity index (χ4n) is 1.50. The fraction of sp³-hybridized carbons (Fsp3) is 0.500. The molecule has 0 saturated carbocycles. The Hall–Kier alpha value is -1.16. The SMILES string of the molecule is COC(=O)CCCNC(=O)CN(C)S(=O)(=O)c1ccc(Cl)s1. The van der Waals surface area contributed by atoms with Gasteiger partial charge in [-0.2, -0.15) is 4.31 Å². The Morgan fingerprint density at radius 2 is 2.09 bits per heavy atom. The predicted molar refractivity (Wildman–Crippen MR) is 83.4 cm³/mol. The monoisotopic (exact) mass is 368 g/mol. The van der Waals surface area contributed by atoms with Crippen LogP contribution in [-0.2, 0) is 24.3 Å². The first-order valence-electron chi connectivity index (χ1n) is 6.32. The molecule has 0 radical (unpaired) electrons. The van der Waals surface area contributed by atoms with Gasteiger partial charge in [-0.05, 0) is 18.6 Å². The molecule has 0 spiro atoms. The average Bonchev–Trinajstić information content (AvgIpc) is 2.90. The number of thiophene rings is 1. The van der Waals surface area contributed by atoms with E-state index >= 15 is 0 Å². The number of ether oxygens (including phenoxy) is 1. The smallest absolute Gasteiger partial charge is 0.305 e. The number of methoxy groups -OCH3 is 1. The summed E-state index contributed by atoms with van der Waals surface area (Å²) >= 11 is 6.65. The number of nitrogens with zero attached hydrogens (tertiary/aromatic N) is 1. The number of esters is 1. The third kappa shape index (κ3) is 5.56. The lowest BCUT2D eigenvalue weighted by Gasteiger charge is -2.15. The van der Waals surface area contributed by atoms with Gasteiger partial charge in [0, 0.05) is 20.0 Å². The number of nitrogens with one attached hydrogen (secondary N) is 1. The van der Waals surface area contributed by atoms with E-state index in [-0.39, 0.29) is 29.7 Å². The highest BCUT2D eigenvalue weighted by Gasteiger charge is 2.24. The van der Waals surface area contributed by atoms with Crippen LogP contribution in [0.2, 0.25) is 4.34 Å². The summed E-state index contributed by atoms with van der Waals surface area (Å²) in [5.74, 6) is -0.804. The molecule has 1 N–H and O–H groups in total. The van der Waals surface area contributed by atoms with Gasteiger partial charge in [0.15, 0.2) is 0 Å². The van der Waals surface area contributed by atoms with Gasteiger partial charge in [-0.3, -0.25) is 9.59 Å². The lowest BCUT2D eigenvalue weighted by atomic mass is 10.3. The predicted octanol–water partition coefficient (Wildman–Crippen LogP) is 1.09. The zero-order valence-electron chi connectivity index (χ0n) is 12.2. The minimum atomic E-state index is -3.73. The van der Waals surface area contributed by atoms with E-state index in [2.05, 4.69) is 10.1 Å². The highest BCUT2D eigenvalue weighted by Crippen LogP contribution is 2.27. The Kier molecular flexibility index (Phi) is 7.27. The number of halogens is 1. The maximum absolute atomic E-state index is 12.2. The zero-order chi connectivity index (χ0) is 16.8. The van der Waals surface area contributed by atoms with Crippen molar-refractivity contribution in [3.63, 3.8) is 0 Å². The van der Waals surface area contributed by atoms with Crippen LogP contribution in [0.15, 0.2) is 16.3 Å². The molecule has 0 aliphatic carbocycles. The number of carbonyl (C=O) groups excluding carboxylic acids is 2. The summed E-state index contributed by atoms with van der Waals surface area (Å²) in [6.45, 7) is -0.0390. The van der Waals surface area contributed by atoms with Gasteiger partial charge >= 0.3 is 5.97 Å². The Labute approximate surface area is 138 Å². The Morgan fingerprint density at radius 3 is 2.64 bits per heavy atom. The molecular formula is C12H17ClN2O5S2. The average molecular weight is 369 g/mol. The van der Waals surface area contributed by atoms with Gasteiger partial charge in [-0.1, -0.05) is 11.6 Å². The fourth-order valence-corrected chi connectivity index (χ4v) is 4.32. The van der Waals surface area contributed by atoms with Crippen LogP contribution in [0.3, 0.4) is 0 Å². The normalized spacial score (nSPS) is 11.5. The number of rotatable bonds is 8. The molecule has 1 aromatic rings. The number of amides is 1. The van der Waals surface area contributed by atoms with Crippen LogP contribution in [-0.4, -0.2) is 51.8 Å². The Bertz CT molecular complexity index is 629. The van der Waals surface area contributed by atoms with E-state index in [1.54, 1.807) is 0 Å². The minimum absolute atomic E-state index is 0.0819. The second kappa shape index (κ2) is 8.47. The van der Waals surface area contributed by atoms with E-state index in [9.17, 15) is 18.0 Å². The van der Waals surface area contributed by atoms with Crippen molar-refractivity contribution in [1.29, 1.82) is 0 Å². The topological polar surface area (TPSA) is 92.8 Å². The summed E-state index contributed by atoms with van der Waals surface area (Å²) < 4.78 is 30.2. The number of carbonyl (C=O) groups is 2. The molecule has 124 valence electrons. The van der Waals surface area contributed by atoms with Crippen molar-refractivity contribution in [2.75, 3.05) is 27.2 Å². The summed E-state index contributed by atoms with van der Waals surface area (Å²) in [6, 6.07) is 2.88. The van der Waals surface area contributed by atoms with E-state index in [0.717, 1.165) is 15.6 Å². The summed E-state index contributed by atoms with van der Waals surface area (Å²) in [5, 5.41) is 2.55. The molecule has 1 rings (SSSR count). The van der Waals surface area contributed by atoms with Crippen molar-refractivity contribution in [3.8, 4) is 0 Å². The summed E-state index contributed by atoms with van der Waals surface area (Å²) in [5.41, 5.74) is 0. The second-order valence-electron chi connectivity index (χ2n) is 4.35. The molecule has 10 heteroatoms. The molecule has 1 amide bonds. The summed E-state index contributed by atoms with van der Waals surface area (Å²) in [6.07, 6.45) is 0.619. The van der Waals surface area contributed by atoms with Crippen molar-refractivity contribution in [2.24, 2.45) is 0 Å². The maximum Gasteiger partial charge on any atom is 0.305 e. The van der Waals surface area contributed by atoms with E-state index in [1.165, 1.54) is 26.3 Å². The quantitative estimate of drug-likeness (QED) is 0.547. The second-order valence-corrected chi connectivity index (χ2v) is 8.34. The lowest BCUT2D eigenvalue weighted by molar-refractivity contribution is -0.140. The van der Waals surface area contributed by atoms with Crippen molar-refractivity contribution in [3.05, 3.63) is 16.5 Å². The zero-order valence-corrected chi connectivity index (χ0v) is 14.6. The van der Waals surface area contributed by atoms with Gasteiger partial charge in [0.05, 0.1) is 18.0 Å². The number of hydrogen-bond acceptors (Lipinski definition) is 6. The number of likely N-dealkylation sites (N-methyl/N-ethyl adjacent to an activating group) is 1. The summed E-state index contributed by atoms with van der Waals surface area (Å²) in [7, 11) is -1.12. The van der Waals surface area contributed by atoms with Crippen LogP contribution < -0.4 is 5.32 Å². The molecule has 0 fully saturated rings. The molecule has 22 heavy (non-hydrogen) atoms. The van der Waals surface area contributed by atoms with Crippen molar-refractivity contribution < 1.29 is 22.7 Å². The number of sulfonamides is 1. The molecular weight excluding hydrogens is 352 g/mol. The first-order chi connectivity index (χ1) is 10.3. The van der Waals surface area contributed by atoms with Crippen LogP contribution in [0, 0.1) is 0 Å². The van der Waals surface area contributed by atoms with Gasteiger partial charge in [0.2, 0.25) is 5.91 Å². The van der Waals surface area contributed by atoms with E-state index in [0.29, 0.717) is 10.8 Å². The molecule has 0 aromatic carbocycles. The van der Waals surface area contributed by atoms with Crippen molar-refractivity contribution in [1.82, 2.24) is 9.62 Å². The van der Waals surface area contributed by atoms with E-state index < -0.39 is 15.9 Å². The van der Waals surface area contributed by atoms with E-state index in [4.69, 9.17) is 11.6 Å². The molecule has 0 saturated heterocycles. The van der Waals surface area contributed by atoms with Crippen LogP contribution in [0.5, 0.6) is 0 Å². The van der Waals surface area contributed by atoms with Gasteiger partial charge in [0.25, 0.3) is 10.0 Å². The van der Waals surface area contributed by atoms with Crippen LogP contribution in [0.25, 0.3) is 0 Å². The number of hydrogen-bond donors (Lipinski definition) is 1. The van der Waals surface area contributed by atoms with Crippen molar-refractivity contribution in [2.45, 2.75) is 17.1 Å². The molecule has 0 aliphatic heterocycles. The lowest BCUT2D eigenvalue weighted by Crippen LogP contribution is -2.38. The standard InChI is InChI=1S/C12H17ClN2O5S2/c1-15(22(18,19)12-6-5-9(13)21-12)8-10(16)14-7-3-4-11(17)20-2/h5-6H,3-4,7-8H2,1-2H3,(H,14,16). The van der Waals surface area contributed by atoms with Gasteiger partial charge in [-0.25, -0.2) is 8.42 Å². The first kappa shape index (κ1) is 18.9. The van der Waals surface area contributed by atoms with Crippen LogP contribution in [0.1, 0.15) is 12.8 Å². The van der Waals surface area contributed by atoms with Crippen LogP contribution >= 0.6 is 22.9 Å². The largest absolute Gasteiger partial charge is 0.469 e. The molecule has 0 bridgehead atoms. The molecule has 0 aliphatic rings. The highest BCUT2D eigenvalue weighted by atomic mass is 35.5. The third-order valence-corrected chi connectivity index (χ3v) is 6.19. The first-order valence-corrected chi connectivity index (χ1v) is 8.96. The summed E-state index contributed by atoms with van der Waals surface area (Å²) in [4.78, 5) is 22.6. The van der Waals surface area contributed by atoms with Gasteiger partial charge in [0.1, 0.15) is 4.21 Å². The maximum atomic E-state index is 12.2. The molecule has 0 atom stereocenters. The van der Waals surface area contributed by atoms with Gasteiger partial charge in [-0.15, -0.1) is 11.3 Å². The van der Waals surface area contributed by atoms with E-state index in [1.807, 2.05) is 0 Å². The third-order valence-electron chi connectivity index (χ3n) is 2.69. The Balaban J connectivity index is 2.45. The molecule has 1 aromatic heterocycles. The molecule has 1 heterocycles. The minimum Gasteiger partial charge on any atom is -0.469 e. The van der Waals surface area contributed by atoms with Crippen molar-refractivity contribution >= 4 is 44.8 Å². The molecule has 0 unspecified atom stereocenters.